The first-order valence-corrected chi connectivity index (χ1v) is 3.67. The predicted molar refractivity (Wildman–Crippen MR) is 51.3 cm³/mol. The number of hydrogen-bond acceptors (Lipinski definition) is 1. The third kappa shape index (κ3) is 1.41. The van der Waals surface area contributed by atoms with E-state index in [9.17, 15) is 4.79 Å². The minimum absolute atomic E-state index is 0. The van der Waals surface area contributed by atoms with Crippen LogP contribution in [0.2, 0.25) is 0 Å². The highest BCUT2D eigenvalue weighted by Crippen LogP contribution is 2.23. The van der Waals surface area contributed by atoms with Crippen LogP contribution in [0.1, 0.15) is 6.42 Å². The lowest BCUT2D eigenvalue weighted by Crippen LogP contribution is -1.93. The molecular formula is C10H9ClO. The van der Waals surface area contributed by atoms with Gasteiger partial charge in [0, 0.05) is 12.0 Å². The van der Waals surface area contributed by atoms with Crippen molar-refractivity contribution in [3.63, 3.8) is 0 Å². The van der Waals surface area contributed by atoms with E-state index in [1.807, 2.05) is 36.5 Å². The molecule has 0 heterocycles. The highest BCUT2D eigenvalue weighted by atomic mass is 35.5. The van der Waals surface area contributed by atoms with Gasteiger partial charge in [-0.05, 0) is 5.57 Å². The Hall–Kier alpha value is -1.08. The molecule has 2 rings (SSSR count). The van der Waals surface area contributed by atoms with E-state index in [4.69, 9.17) is 0 Å². The molecule has 0 aromatic rings. The van der Waals surface area contributed by atoms with Gasteiger partial charge in [-0.15, -0.1) is 12.4 Å². The molecule has 0 fully saturated rings. The van der Waals surface area contributed by atoms with Gasteiger partial charge >= 0.3 is 0 Å². The number of carbonyl (C=O) groups is 1. The smallest absolute Gasteiger partial charge is 0.167 e. The summed E-state index contributed by atoms with van der Waals surface area (Å²) in [5.41, 5.74) is 1.93. The van der Waals surface area contributed by atoms with Gasteiger partial charge in [0.05, 0.1) is 0 Å². The molecule has 62 valence electrons. The summed E-state index contributed by atoms with van der Waals surface area (Å²) in [6.07, 6.45) is 12.2. The molecule has 0 spiro atoms. The zero-order valence-corrected chi connectivity index (χ0v) is 7.30. The van der Waals surface area contributed by atoms with Gasteiger partial charge in [-0.3, -0.25) is 4.79 Å². The standard InChI is InChI=1S/C10H8O.ClH/c11-10-7-6-8-4-2-1-3-5-9(8)10;/h1-6H,7H2;1H. The Balaban J connectivity index is 0.000000720. The fourth-order valence-corrected chi connectivity index (χ4v) is 1.31. The summed E-state index contributed by atoms with van der Waals surface area (Å²) in [7, 11) is 0. The molecular weight excluding hydrogens is 172 g/mol. The van der Waals surface area contributed by atoms with Gasteiger partial charge in [0.1, 0.15) is 0 Å². The average Bonchev–Trinajstić information content (AvgIpc) is 2.25. The monoisotopic (exact) mass is 180 g/mol. The van der Waals surface area contributed by atoms with E-state index in [0.717, 1.165) is 11.1 Å². The van der Waals surface area contributed by atoms with Crippen molar-refractivity contribution in [2.45, 2.75) is 6.42 Å². The summed E-state index contributed by atoms with van der Waals surface area (Å²) in [5, 5.41) is 0. The second kappa shape index (κ2) is 3.55. The Bertz CT molecular complexity index is 319. The van der Waals surface area contributed by atoms with Crippen molar-refractivity contribution in [1.82, 2.24) is 0 Å². The molecule has 2 aliphatic rings. The fraction of sp³-hybridized carbons (Fsp3) is 0.100. The van der Waals surface area contributed by atoms with Crippen molar-refractivity contribution in [3.8, 4) is 0 Å². The summed E-state index contributed by atoms with van der Waals surface area (Å²) < 4.78 is 0. The molecule has 2 aliphatic carbocycles. The number of halogens is 1. The maximum atomic E-state index is 11.2. The first kappa shape index (κ1) is 9.01. The molecule has 1 nitrogen and oxygen atoms in total. The molecule has 12 heavy (non-hydrogen) atoms. The van der Waals surface area contributed by atoms with Crippen molar-refractivity contribution in [1.29, 1.82) is 0 Å². The quantitative estimate of drug-likeness (QED) is 0.560. The van der Waals surface area contributed by atoms with Gasteiger partial charge in [-0.1, -0.05) is 36.5 Å². The van der Waals surface area contributed by atoms with Crippen LogP contribution < -0.4 is 0 Å². The van der Waals surface area contributed by atoms with Crippen LogP contribution in [0.4, 0.5) is 0 Å². The normalized spacial score (nSPS) is 19.2. The van der Waals surface area contributed by atoms with Crippen LogP contribution in [0.25, 0.3) is 0 Å². The van der Waals surface area contributed by atoms with Gasteiger partial charge in [0.25, 0.3) is 0 Å². The lowest BCUT2D eigenvalue weighted by atomic mass is 10.1. The maximum Gasteiger partial charge on any atom is 0.167 e. The van der Waals surface area contributed by atoms with Crippen molar-refractivity contribution >= 4 is 18.2 Å². The molecule has 0 aromatic carbocycles. The molecule has 0 saturated heterocycles. The summed E-state index contributed by atoms with van der Waals surface area (Å²) in [6.45, 7) is 0. The Morgan fingerprint density at radius 3 is 2.83 bits per heavy atom. The van der Waals surface area contributed by atoms with Crippen molar-refractivity contribution in [2.24, 2.45) is 0 Å². The van der Waals surface area contributed by atoms with E-state index in [-0.39, 0.29) is 18.2 Å². The first-order chi connectivity index (χ1) is 5.38. The van der Waals surface area contributed by atoms with E-state index in [0.29, 0.717) is 6.42 Å². The van der Waals surface area contributed by atoms with Crippen LogP contribution in [0.15, 0.2) is 47.6 Å². The second-order valence-electron chi connectivity index (χ2n) is 2.61. The molecule has 0 amide bonds. The summed E-state index contributed by atoms with van der Waals surface area (Å²) in [5.74, 6) is 0.233. The SMILES string of the molecule is Cl.O=C1CC=C2C=CC=CC=C12. The number of hydrogen-bond donors (Lipinski definition) is 0. The molecule has 0 unspecified atom stereocenters. The molecule has 0 atom stereocenters. The zero-order chi connectivity index (χ0) is 7.68. The summed E-state index contributed by atoms with van der Waals surface area (Å²) in [4.78, 5) is 11.2. The van der Waals surface area contributed by atoms with Crippen LogP contribution in [-0.4, -0.2) is 5.78 Å². The number of rotatable bonds is 0. The Morgan fingerprint density at radius 2 is 2.00 bits per heavy atom. The van der Waals surface area contributed by atoms with Crippen LogP contribution >= 0.6 is 12.4 Å². The van der Waals surface area contributed by atoms with E-state index >= 15 is 0 Å². The minimum Gasteiger partial charge on any atom is -0.294 e. The van der Waals surface area contributed by atoms with Crippen LogP contribution in [0.3, 0.4) is 0 Å². The van der Waals surface area contributed by atoms with Crippen molar-refractivity contribution < 1.29 is 4.79 Å². The van der Waals surface area contributed by atoms with Crippen molar-refractivity contribution in [3.05, 3.63) is 47.6 Å². The second-order valence-corrected chi connectivity index (χ2v) is 2.61. The highest BCUT2D eigenvalue weighted by Gasteiger charge is 2.17. The molecule has 0 saturated carbocycles. The Labute approximate surface area is 77.6 Å². The predicted octanol–water partition coefficient (Wildman–Crippen LogP) is 2.36. The largest absolute Gasteiger partial charge is 0.294 e. The zero-order valence-electron chi connectivity index (χ0n) is 6.49. The third-order valence-electron chi connectivity index (χ3n) is 1.88. The number of Topliss-reactive ketones (excluding diaryl/α,β-unsaturated/α-hetero) is 1. The topological polar surface area (TPSA) is 17.1 Å². The minimum atomic E-state index is 0. The van der Waals surface area contributed by atoms with Crippen LogP contribution in [0.5, 0.6) is 0 Å². The molecule has 0 N–H and O–H groups in total. The molecule has 0 aliphatic heterocycles. The van der Waals surface area contributed by atoms with Gasteiger partial charge in [-0.2, -0.15) is 0 Å². The summed E-state index contributed by atoms with van der Waals surface area (Å²) >= 11 is 0. The lowest BCUT2D eigenvalue weighted by Gasteiger charge is -1.93. The Morgan fingerprint density at radius 1 is 1.17 bits per heavy atom. The van der Waals surface area contributed by atoms with Crippen LogP contribution in [0, 0.1) is 0 Å². The number of carbonyl (C=O) groups excluding carboxylic acids is 1. The van der Waals surface area contributed by atoms with E-state index in [2.05, 4.69) is 0 Å². The fourth-order valence-electron chi connectivity index (χ4n) is 1.31. The van der Waals surface area contributed by atoms with E-state index in [1.165, 1.54) is 0 Å². The molecule has 0 radical (unpaired) electrons. The first-order valence-electron chi connectivity index (χ1n) is 3.67. The number of ketones is 1. The Kier molecular flexibility index (Phi) is 2.66. The highest BCUT2D eigenvalue weighted by molar-refractivity contribution is 6.04. The van der Waals surface area contributed by atoms with Gasteiger partial charge in [0.15, 0.2) is 5.78 Å². The van der Waals surface area contributed by atoms with Gasteiger partial charge in [-0.25, -0.2) is 0 Å². The van der Waals surface area contributed by atoms with E-state index < -0.39 is 0 Å². The molecule has 0 aromatic heterocycles. The van der Waals surface area contributed by atoms with Gasteiger partial charge in [0.2, 0.25) is 0 Å². The lowest BCUT2D eigenvalue weighted by molar-refractivity contribution is -0.114. The third-order valence-corrected chi connectivity index (χ3v) is 1.88. The number of fused-ring (bicyclic) bond motifs is 1. The van der Waals surface area contributed by atoms with Crippen molar-refractivity contribution in [2.75, 3.05) is 0 Å². The number of allylic oxidation sites excluding steroid dienone is 8. The van der Waals surface area contributed by atoms with Gasteiger partial charge < -0.3 is 0 Å². The average molecular weight is 181 g/mol. The molecule has 0 bridgehead atoms. The summed E-state index contributed by atoms with van der Waals surface area (Å²) in [6, 6.07) is 0. The maximum absolute atomic E-state index is 11.2. The van der Waals surface area contributed by atoms with Crippen LogP contribution in [-0.2, 0) is 4.79 Å². The molecule has 2 heteroatoms. The van der Waals surface area contributed by atoms with E-state index in [1.54, 1.807) is 0 Å².